The van der Waals surface area contributed by atoms with E-state index in [0.29, 0.717) is 35.6 Å². The SMILES string of the molecule is CCN(CC)C(=O)c1cncc(Nc2cccc(C(=O)OC)c2)c1. The lowest BCUT2D eigenvalue weighted by Crippen LogP contribution is -2.30. The molecule has 0 aliphatic carbocycles. The summed E-state index contributed by atoms with van der Waals surface area (Å²) < 4.78 is 4.71. The lowest BCUT2D eigenvalue weighted by atomic mass is 10.2. The van der Waals surface area contributed by atoms with Crippen LogP contribution in [0.3, 0.4) is 0 Å². The van der Waals surface area contributed by atoms with Crippen molar-refractivity contribution in [2.75, 3.05) is 25.5 Å². The third-order valence-electron chi connectivity index (χ3n) is 3.61. The van der Waals surface area contributed by atoms with Crippen LogP contribution in [0.15, 0.2) is 42.7 Å². The molecular weight excluding hydrogens is 306 g/mol. The molecule has 2 rings (SSSR count). The number of nitrogens with one attached hydrogen (secondary N) is 1. The molecule has 0 bridgehead atoms. The summed E-state index contributed by atoms with van der Waals surface area (Å²) in [6, 6.07) is 8.69. The highest BCUT2D eigenvalue weighted by Gasteiger charge is 2.13. The van der Waals surface area contributed by atoms with E-state index >= 15 is 0 Å². The molecule has 0 fully saturated rings. The Balaban J connectivity index is 2.21. The van der Waals surface area contributed by atoms with Crippen LogP contribution in [0.2, 0.25) is 0 Å². The predicted octanol–water partition coefficient (Wildman–Crippen LogP) is 3.09. The molecule has 0 aliphatic heterocycles. The zero-order valence-corrected chi connectivity index (χ0v) is 14.1. The minimum atomic E-state index is -0.401. The molecule has 6 nitrogen and oxygen atoms in total. The van der Waals surface area contributed by atoms with E-state index in [1.165, 1.54) is 7.11 Å². The first-order valence-electron chi connectivity index (χ1n) is 7.78. The molecule has 0 saturated carbocycles. The molecular formula is C18H21N3O3. The summed E-state index contributed by atoms with van der Waals surface area (Å²) in [4.78, 5) is 29.8. The Morgan fingerprint density at radius 1 is 1.08 bits per heavy atom. The molecule has 0 radical (unpaired) electrons. The quantitative estimate of drug-likeness (QED) is 0.826. The van der Waals surface area contributed by atoms with Gasteiger partial charge >= 0.3 is 5.97 Å². The molecule has 2 aromatic rings. The Morgan fingerprint density at radius 2 is 1.79 bits per heavy atom. The molecule has 0 aliphatic rings. The van der Waals surface area contributed by atoms with Crippen molar-refractivity contribution in [1.29, 1.82) is 0 Å². The van der Waals surface area contributed by atoms with Gasteiger partial charge in [-0.2, -0.15) is 0 Å². The summed E-state index contributed by atoms with van der Waals surface area (Å²) in [6.45, 7) is 5.17. The maximum atomic E-state index is 12.4. The molecule has 0 unspecified atom stereocenters. The van der Waals surface area contributed by atoms with Crippen LogP contribution in [0.25, 0.3) is 0 Å². The summed E-state index contributed by atoms with van der Waals surface area (Å²) in [5.41, 5.74) is 2.36. The van der Waals surface area contributed by atoms with E-state index in [1.807, 2.05) is 19.9 Å². The third kappa shape index (κ3) is 4.10. The van der Waals surface area contributed by atoms with Gasteiger partial charge in [-0.1, -0.05) is 6.07 Å². The Hall–Kier alpha value is -2.89. The second-order valence-corrected chi connectivity index (χ2v) is 5.14. The number of anilines is 2. The maximum absolute atomic E-state index is 12.4. The number of carbonyl (C=O) groups excluding carboxylic acids is 2. The zero-order chi connectivity index (χ0) is 17.5. The van der Waals surface area contributed by atoms with Crippen molar-refractivity contribution in [3.05, 3.63) is 53.9 Å². The predicted molar refractivity (Wildman–Crippen MR) is 92.6 cm³/mol. The molecule has 1 amide bonds. The summed E-state index contributed by atoms with van der Waals surface area (Å²) in [5.74, 6) is -0.457. The number of pyridine rings is 1. The molecule has 6 heteroatoms. The number of carbonyl (C=O) groups is 2. The summed E-state index contributed by atoms with van der Waals surface area (Å²) >= 11 is 0. The Kier molecular flexibility index (Phi) is 5.89. The highest BCUT2D eigenvalue weighted by atomic mass is 16.5. The Morgan fingerprint density at radius 3 is 2.46 bits per heavy atom. The number of rotatable bonds is 6. The number of aromatic nitrogens is 1. The number of ether oxygens (including phenoxy) is 1. The standard InChI is InChI=1S/C18H21N3O3/c1-4-21(5-2)17(22)14-10-16(12-19-11-14)20-15-8-6-7-13(9-15)18(23)24-3/h6-12,20H,4-5H2,1-3H3. The van der Waals surface area contributed by atoms with E-state index in [1.54, 1.807) is 41.6 Å². The second kappa shape index (κ2) is 8.10. The average molecular weight is 327 g/mol. The van der Waals surface area contributed by atoms with Crippen molar-refractivity contribution in [2.45, 2.75) is 13.8 Å². The first-order valence-corrected chi connectivity index (χ1v) is 7.78. The molecule has 1 N–H and O–H groups in total. The van der Waals surface area contributed by atoms with Gasteiger partial charge in [0.25, 0.3) is 5.91 Å². The van der Waals surface area contributed by atoms with E-state index < -0.39 is 5.97 Å². The second-order valence-electron chi connectivity index (χ2n) is 5.14. The monoisotopic (exact) mass is 327 g/mol. The Labute approximate surface area is 141 Å². The molecule has 0 spiro atoms. The topological polar surface area (TPSA) is 71.5 Å². The van der Waals surface area contributed by atoms with Crippen molar-refractivity contribution in [3.8, 4) is 0 Å². The summed E-state index contributed by atoms with van der Waals surface area (Å²) in [5, 5.41) is 3.15. The number of hydrogen-bond acceptors (Lipinski definition) is 5. The molecule has 1 aromatic carbocycles. The number of nitrogens with zero attached hydrogens (tertiary/aromatic N) is 2. The van der Waals surface area contributed by atoms with Crippen LogP contribution >= 0.6 is 0 Å². The van der Waals surface area contributed by atoms with Crippen LogP contribution < -0.4 is 5.32 Å². The van der Waals surface area contributed by atoms with E-state index in [4.69, 9.17) is 4.74 Å². The number of methoxy groups -OCH3 is 1. The van der Waals surface area contributed by atoms with Crippen LogP contribution in [-0.4, -0.2) is 42.0 Å². The smallest absolute Gasteiger partial charge is 0.337 e. The molecule has 0 saturated heterocycles. The van der Waals surface area contributed by atoms with Crippen LogP contribution in [0, 0.1) is 0 Å². The van der Waals surface area contributed by atoms with Gasteiger partial charge in [0.1, 0.15) is 0 Å². The van der Waals surface area contributed by atoms with Gasteiger partial charge in [0, 0.05) is 25.0 Å². The van der Waals surface area contributed by atoms with Gasteiger partial charge in [0.15, 0.2) is 0 Å². The van der Waals surface area contributed by atoms with Crippen molar-refractivity contribution < 1.29 is 14.3 Å². The van der Waals surface area contributed by atoms with E-state index in [-0.39, 0.29) is 5.91 Å². The summed E-state index contributed by atoms with van der Waals surface area (Å²) in [6.07, 6.45) is 3.18. The average Bonchev–Trinajstić information content (AvgIpc) is 2.62. The van der Waals surface area contributed by atoms with Gasteiger partial charge in [-0.25, -0.2) is 4.79 Å². The van der Waals surface area contributed by atoms with Gasteiger partial charge < -0.3 is 15.0 Å². The van der Waals surface area contributed by atoms with E-state index in [9.17, 15) is 9.59 Å². The van der Waals surface area contributed by atoms with Crippen molar-refractivity contribution >= 4 is 23.3 Å². The fourth-order valence-electron chi connectivity index (χ4n) is 2.33. The van der Waals surface area contributed by atoms with Gasteiger partial charge in [0.05, 0.1) is 30.1 Å². The first-order chi connectivity index (χ1) is 11.6. The minimum absolute atomic E-state index is 0.0561. The van der Waals surface area contributed by atoms with Gasteiger partial charge in [-0.15, -0.1) is 0 Å². The minimum Gasteiger partial charge on any atom is -0.465 e. The van der Waals surface area contributed by atoms with Crippen LogP contribution in [0.5, 0.6) is 0 Å². The molecule has 24 heavy (non-hydrogen) atoms. The largest absolute Gasteiger partial charge is 0.465 e. The molecule has 126 valence electrons. The fraction of sp³-hybridized carbons (Fsp3) is 0.278. The van der Waals surface area contributed by atoms with Gasteiger partial charge in [-0.05, 0) is 38.1 Å². The van der Waals surface area contributed by atoms with Gasteiger partial charge in [0.2, 0.25) is 0 Å². The zero-order valence-electron chi connectivity index (χ0n) is 14.1. The lowest BCUT2D eigenvalue weighted by molar-refractivity contribution is 0.0600. The number of esters is 1. The highest BCUT2D eigenvalue weighted by Crippen LogP contribution is 2.19. The van der Waals surface area contributed by atoms with Crippen molar-refractivity contribution in [2.24, 2.45) is 0 Å². The third-order valence-corrected chi connectivity index (χ3v) is 3.61. The van der Waals surface area contributed by atoms with E-state index in [0.717, 1.165) is 0 Å². The normalized spacial score (nSPS) is 10.1. The molecule has 1 heterocycles. The maximum Gasteiger partial charge on any atom is 0.337 e. The number of hydrogen-bond donors (Lipinski definition) is 1. The first kappa shape index (κ1) is 17.5. The Bertz CT molecular complexity index is 727. The van der Waals surface area contributed by atoms with Crippen LogP contribution in [0.1, 0.15) is 34.6 Å². The van der Waals surface area contributed by atoms with Crippen molar-refractivity contribution in [1.82, 2.24) is 9.88 Å². The number of benzene rings is 1. The summed E-state index contributed by atoms with van der Waals surface area (Å²) in [7, 11) is 1.34. The number of amides is 1. The molecule has 0 atom stereocenters. The van der Waals surface area contributed by atoms with Gasteiger partial charge in [-0.3, -0.25) is 9.78 Å². The van der Waals surface area contributed by atoms with Crippen LogP contribution in [-0.2, 0) is 4.74 Å². The van der Waals surface area contributed by atoms with Crippen molar-refractivity contribution in [3.63, 3.8) is 0 Å². The molecule has 1 aromatic heterocycles. The highest BCUT2D eigenvalue weighted by molar-refractivity contribution is 5.95. The lowest BCUT2D eigenvalue weighted by Gasteiger charge is -2.18. The van der Waals surface area contributed by atoms with E-state index in [2.05, 4.69) is 10.3 Å². The van der Waals surface area contributed by atoms with Crippen LogP contribution in [0.4, 0.5) is 11.4 Å². The fourth-order valence-corrected chi connectivity index (χ4v) is 2.33.